The lowest BCUT2D eigenvalue weighted by Gasteiger charge is -2.16. The molecule has 0 fully saturated rings. The molecule has 0 saturated heterocycles. The summed E-state index contributed by atoms with van der Waals surface area (Å²) in [5.41, 5.74) is 2.31. The third-order valence-corrected chi connectivity index (χ3v) is 3.98. The van der Waals surface area contributed by atoms with Crippen molar-refractivity contribution < 1.29 is 4.42 Å². The molecule has 0 aliphatic rings. The summed E-state index contributed by atoms with van der Waals surface area (Å²) >= 11 is 6.09. The zero-order valence-electron chi connectivity index (χ0n) is 11.3. The van der Waals surface area contributed by atoms with Crippen molar-refractivity contribution in [2.45, 2.75) is 12.5 Å². The summed E-state index contributed by atoms with van der Waals surface area (Å²) in [5, 5.41) is 6.33. The van der Waals surface area contributed by atoms with Crippen molar-refractivity contribution in [1.29, 1.82) is 0 Å². The average Bonchev–Trinajstić information content (AvgIpc) is 2.91. The first-order valence-corrected chi connectivity index (χ1v) is 7.04. The lowest BCUT2D eigenvalue weighted by atomic mass is 9.96. The van der Waals surface area contributed by atoms with Crippen LogP contribution in [-0.4, -0.2) is 7.05 Å². The molecule has 0 amide bonds. The fraction of sp³-hybridized carbons (Fsp3) is 0.176. The number of hydrogen-bond acceptors (Lipinski definition) is 2. The third-order valence-electron chi connectivity index (χ3n) is 3.67. The largest absolute Gasteiger partial charge is 0.453 e. The predicted octanol–water partition coefficient (Wildman–Crippen LogP) is 4.59. The Morgan fingerprint density at radius 3 is 2.65 bits per heavy atom. The number of hydrogen-bond donors (Lipinski definition) is 1. The van der Waals surface area contributed by atoms with Crippen molar-refractivity contribution in [3.63, 3.8) is 0 Å². The monoisotopic (exact) mass is 285 g/mol. The summed E-state index contributed by atoms with van der Waals surface area (Å²) in [6.45, 7) is 0. The SMILES string of the molecule is CNC(Cc1cccc2ccccc12)c1ccoc1Cl. The van der Waals surface area contributed by atoms with Crippen LogP contribution in [-0.2, 0) is 6.42 Å². The molecule has 0 bridgehead atoms. The molecule has 20 heavy (non-hydrogen) atoms. The first-order valence-electron chi connectivity index (χ1n) is 6.66. The summed E-state index contributed by atoms with van der Waals surface area (Å²) in [6, 6.07) is 16.9. The van der Waals surface area contributed by atoms with Gasteiger partial charge in [-0.25, -0.2) is 0 Å². The molecule has 0 saturated carbocycles. The molecular weight excluding hydrogens is 270 g/mol. The first-order chi connectivity index (χ1) is 9.79. The van der Waals surface area contributed by atoms with Gasteiger partial charge in [-0.2, -0.15) is 0 Å². The van der Waals surface area contributed by atoms with Gasteiger partial charge in [-0.3, -0.25) is 0 Å². The minimum Gasteiger partial charge on any atom is -0.453 e. The highest BCUT2D eigenvalue weighted by molar-refractivity contribution is 6.29. The van der Waals surface area contributed by atoms with Crippen LogP contribution in [0.15, 0.2) is 59.2 Å². The number of halogens is 1. The molecule has 0 aliphatic carbocycles. The second kappa shape index (κ2) is 5.70. The van der Waals surface area contributed by atoms with Crippen LogP contribution in [0.3, 0.4) is 0 Å². The molecule has 2 nitrogen and oxygen atoms in total. The van der Waals surface area contributed by atoms with Gasteiger partial charge in [0, 0.05) is 11.6 Å². The van der Waals surface area contributed by atoms with Gasteiger partial charge in [-0.05, 0) is 47.5 Å². The van der Waals surface area contributed by atoms with Crippen LogP contribution in [0.4, 0.5) is 0 Å². The number of benzene rings is 2. The Hall–Kier alpha value is -1.77. The molecule has 0 aliphatic heterocycles. The van der Waals surface area contributed by atoms with Crippen molar-refractivity contribution in [2.24, 2.45) is 0 Å². The van der Waals surface area contributed by atoms with Crippen molar-refractivity contribution >= 4 is 22.4 Å². The number of rotatable bonds is 4. The minimum atomic E-state index is 0.145. The number of likely N-dealkylation sites (N-methyl/N-ethyl adjacent to an activating group) is 1. The Bertz CT molecular complexity index is 714. The number of furan rings is 1. The summed E-state index contributed by atoms with van der Waals surface area (Å²) in [4.78, 5) is 0. The molecule has 1 unspecified atom stereocenters. The van der Waals surface area contributed by atoms with Gasteiger partial charge in [-0.15, -0.1) is 0 Å². The molecule has 3 heteroatoms. The maximum absolute atomic E-state index is 6.09. The molecule has 1 heterocycles. The summed E-state index contributed by atoms with van der Waals surface area (Å²) in [6.07, 6.45) is 2.50. The van der Waals surface area contributed by atoms with E-state index in [0.29, 0.717) is 5.22 Å². The van der Waals surface area contributed by atoms with E-state index >= 15 is 0 Å². The van der Waals surface area contributed by atoms with E-state index in [9.17, 15) is 0 Å². The summed E-state index contributed by atoms with van der Waals surface area (Å²) < 4.78 is 5.20. The average molecular weight is 286 g/mol. The Balaban J connectivity index is 1.98. The van der Waals surface area contributed by atoms with Crippen LogP contribution in [0, 0.1) is 0 Å². The van der Waals surface area contributed by atoms with E-state index in [0.717, 1.165) is 12.0 Å². The highest BCUT2D eigenvalue weighted by Crippen LogP contribution is 2.29. The maximum Gasteiger partial charge on any atom is 0.197 e. The van der Waals surface area contributed by atoms with Crippen LogP contribution in [0.25, 0.3) is 10.8 Å². The Morgan fingerprint density at radius 1 is 1.10 bits per heavy atom. The van der Waals surface area contributed by atoms with E-state index < -0.39 is 0 Å². The Kier molecular flexibility index (Phi) is 3.77. The van der Waals surface area contributed by atoms with Crippen LogP contribution in [0.1, 0.15) is 17.2 Å². The number of fused-ring (bicyclic) bond motifs is 1. The van der Waals surface area contributed by atoms with Crippen LogP contribution < -0.4 is 5.32 Å². The van der Waals surface area contributed by atoms with Crippen LogP contribution in [0.5, 0.6) is 0 Å². The molecular formula is C17H16ClNO. The van der Waals surface area contributed by atoms with E-state index in [1.165, 1.54) is 16.3 Å². The summed E-state index contributed by atoms with van der Waals surface area (Å²) in [7, 11) is 1.94. The lowest BCUT2D eigenvalue weighted by Crippen LogP contribution is -2.18. The van der Waals surface area contributed by atoms with Gasteiger partial charge < -0.3 is 9.73 Å². The van der Waals surface area contributed by atoms with Crippen LogP contribution >= 0.6 is 11.6 Å². The van der Waals surface area contributed by atoms with E-state index in [1.807, 2.05) is 13.1 Å². The molecule has 1 N–H and O–H groups in total. The van der Waals surface area contributed by atoms with E-state index in [-0.39, 0.29) is 6.04 Å². The molecule has 1 atom stereocenters. The van der Waals surface area contributed by atoms with Gasteiger partial charge in [0.2, 0.25) is 0 Å². The van der Waals surface area contributed by atoms with E-state index in [1.54, 1.807) is 6.26 Å². The topological polar surface area (TPSA) is 25.2 Å². The second-order valence-electron chi connectivity index (χ2n) is 4.83. The molecule has 3 rings (SSSR count). The molecule has 1 aromatic heterocycles. The molecule has 3 aromatic rings. The van der Waals surface area contributed by atoms with Gasteiger partial charge in [0.05, 0.1) is 6.26 Å². The third kappa shape index (κ3) is 2.45. The van der Waals surface area contributed by atoms with Gasteiger partial charge in [-0.1, -0.05) is 42.5 Å². The minimum absolute atomic E-state index is 0.145. The first kappa shape index (κ1) is 13.2. The van der Waals surface area contributed by atoms with Crippen molar-refractivity contribution in [2.75, 3.05) is 7.05 Å². The lowest BCUT2D eigenvalue weighted by molar-refractivity contribution is 0.545. The fourth-order valence-electron chi connectivity index (χ4n) is 2.61. The summed E-state index contributed by atoms with van der Waals surface area (Å²) in [5.74, 6) is 0. The van der Waals surface area contributed by atoms with Gasteiger partial charge >= 0.3 is 0 Å². The second-order valence-corrected chi connectivity index (χ2v) is 5.18. The predicted molar refractivity (Wildman–Crippen MR) is 83.2 cm³/mol. The van der Waals surface area contributed by atoms with E-state index in [2.05, 4.69) is 47.8 Å². The fourth-order valence-corrected chi connectivity index (χ4v) is 2.86. The van der Waals surface area contributed by atoms with Crippen molar-refractivity contribution in [3.8, 4) is 0 Å². The molecule has 102 valence electrons. The van der Waals surface area contributed by atoms with Crippen LogP contribution in [0.2, 0.25) is 5.22 Å². The highest BCUT2D eigenvalue weighted by Gasteiger charge is 2.16. The van der Waals surface area contributed by atoms with Gasteiger partial charge in [0.25, 0.3) is 0 Å². The molecule has 2 aromatic carbocycles. The smallest absolute Gasteiger partial charge is 0.197 e. The van der Waals surface area contributed by atoms with Gasteiger partial charge in [0.15, 0.2) is 5.22 Å². The highest BCUT2D eigenvalue weighted by atomic mass is 35.5. The van der Waals surface area contributed by atoms with Crippen molar-refractivity contribution in [3.05, 3.63) is 71.1 Å². The van der Waals surface area contributed by atoms with E-state index in [4.69, 9.17) is 16.0 Å². The molecule has 0 radical (unpaired) electrons. The Labute approximate surface area is 123 Å². The molecule has 0 spiro atoms. The Morgan fingerprint density at radius 2 is 1.90 bits per heavy atom. The zero-order chi connectivity index (χ0) is 13.9. The normalized spacial score (nSPS) is 12.7. The zero-order valence-corrected chi connectivity index (χ0v) is 12.0. The number of nitrogens with one attached hydrogen (secondary N) is 1. The quantitative estimate of drug-likeness (QED) is 0.758. The van der Waals surface area contributed by atoms with Crippen molar-refractivity contribution in [1.82, 2.24) is 5.32 Å². The maximum atomic E-state index is 6.09. The standard InChI is InChI=1S/C17H16ClNO/c1-19-16(15-9-10-20-17(15)18)11-13-7-4-6-12-5-2-3-8-14(12)13/h2-10,16,19H,11H2,1H3. The van der Waals surface area contributed by atoms with Gasteiger partial charge in [0.1, 0.15) is 0 Å².